The van der Waals surface area contributed by atoms with Crippen LogP contribution in [0.25, 0.3) is 6.08 Å². The molecule has 1 aliphatic heterocycles. The van der Waals surface area contributed by atoms with Crippen molar-refractivity contribution >= 4 is 40.9 Å². The first-order chi connectivity index (χ1) is 13.8. The Labute approximate surface area is 173 Å². The van der Waals surface area contributed by atoms with Crippen molar-refractivity contribution in [2.45, 2.75) is 33.3 Å². The fraction of sp³-hybridized carbons (Fsp3) is 0.400. The van der Waals surface area contributed by atoms with Crippen LogP contribution in [0.3, 0.4) is 0 Å². The van der Waals surface area contributed by atoms with E-state index in [1.54, 1.807) is 44.2 Å². The van der Waals surface area contributed by atoms with Gasteiger partial charge in [-0.2, -0.15) is 0 Å². The lowest BCUT2D eigenvalue weighted by Gasteiger charge is -2.14. The van der Waals surface area contributed by atoms with Gasteiger partial charge in [0.1, 0.15) is 12.3 Å². The second-order valence-electron chi connectivity index (χ2n) is 6.14. The number of benzene rings is 1. The summed E-state index contributed by atoms with van der Waals surface area (Å²) in [6.45, 7) is 5.00. The van der Waals surface area contributed by atoms with E-state index in [1.165, 1.54) is 0 Å². The Morgan fingerprint density at radius 2 is 1.83 bits per heavy atom. The van der Waals surface area contributed by atoms with Gasteiger partial charge in [0.15, 0.2) is 6.61 Å². The molecule has 2 rings (SSSR count). The summed E-state index contributed by atoms with van der Waals surface area (Å²) >= 11 is 0.765. The lowest BCUT2D eigenvalue weighted by Crippen LogP contribution is -2.35. The van der Waals surface area contributed by atoms with Gasteiger partial charge in [0.05, 0.1) is 17.6 Å². The van der Waals surface area contributed by atoms with Gasteiger partial charge in [-0.25, -0.2) is 4.79 Å². The monoisotopic (exact) mass is 421 g/mol. The van der Waals surface area contributed by atoms with Crippen LogP contribution in [0.2, 0.25) is 0 Å². The highest BCUT2D eigenvalue weighted by atomic mass is 32.2. The minimum atomic E-state index is -0.619. The van der Waals surface area contributed by atoms with Gasteiger partial charge >= 0.3 is 11.9 Å². The number of ether oxygens (including phenoxy) is 3. The van der Waals surface area contributed by atoms with Crippen LogP contribution in [0.4, 0.5) is 4.79 Å². The minimum Gasteiger partial charge on any atom is -0.482 e. The molecule has 0 saturated carbocycles. The van der Waals surface area contributed by atoms with Crippen LogP contribution in [0, 0.1) is 0 Å². The molecule has 1 aromatic rings. The van der Waals surface area contributed by atoms with Gasteiger partial charge in [-0.15, -0.1) is 0 Å². The number of carbonyl (C=O) groups excluding carboxylic acids is 4. The highest BCUT2D eigenvalue weighted by Gasteiger charge is 2.36. The Morgan fingerprint density at radius 3 is 2.45 bits per heavy atom. The Morgan fingerprint density at radius 1 is 1.14 bits per heavy atom. The average molecular weight is 421 g/mol. The van der Waals surface area contributed by atoms with Gasteiger partial charge in [-0.05, 0) is 55.8 Å². The maximum absolute atomic E-state index is 12.4. The third kappa shape index (κ3) is 6.63. The molecule has 1 atom stereocenters. The maximum Gasteiger partial charge on any atom is 0.344 e. The van der Waals surface area contributed by atoms with Crippen molar-refractivity contribution in [2.24, 2.45) is 0 Å². The first kappa shape index (κ1) is 22.5. The summed E-state index contributed by atoms with van der Waals surface area (Å²) in [4.78, 5) is 48.8. The van der Waals surface area contributed by atoms with Gasteiger partial charge in [0.25, 0.3) is 11.1 Å². The number of amides is 2. The van der Waals surface area contributed by atoms with E-state index in [-0.39, 0.29) is 24.2 Å². The summed E-state index contributed by atoms with van der Waals surface area (Å²) in [5, 5.41) is -0.517. The Bertz CT molecular complexity index is 804. The Kier molecular flexibility index (Phi) is 8.26. The molecule has 0 spiro atoms. The molecule has 8 nitrogen and oxygen atoms in total. The van der Waals surface area contributed by atoms with E-state index in [4.69, 9.17) is 14.2 Å². The molecule has 1 heterocycles. The maximum atomic E-state index is 12.4. The SMILES string of the molecule is CCOC(=O)COc1ccc(/C=C2\SC(=O)N(CC(=O)O[C@@H](C)CC)C2=O)cc1. The molecule has 9 heteroatoms. The lowest BCUT2D eigenvalue weighted by atomic mass is 10.2. The van der Waals surface area contributed by atoms with Crippen molar-refractivity contribution in [3.05, 3.63) is 34.7 Å². The summed E-state index contributed by atoms with van der Waals surface area (Å²) in [7, 11) is 0. The second-order valence-corrected chi connectivity index (χ2v) is 7.13. The normalized spacial score (nSPS) is 16.1. The van der Waals surface area contributed by atoms with Gasteiger partial charge < -0.3 is 14.2 Å². The Balaban J connectivity index is 1.98. The second kappa shape index (κ2) is 10.7. The summed E-state index contributed by atoms with van der Waals surface area (Å²) in [6.07, 6.45) is 1.93. The zero-order valence-electron chi connectivity index (χ0n) is 16.5. The summed E-state index contributed by atoms with van der Waals surface area (Å²) in [5.74, 6) is -1.15. The highest BCUT2D eigenvalue weighted by molar-refractivity contribution is 8.18. The topological polar surface area (TPSA) is 99.2 Å². The number of nitrogens with zero attached hydrogens (tertiary/aromatic N) is 1. The molecule has 1 fully saturated rings. The number of imide groups is 1. The highest BCUT2D eigenvalue weighted by Crippen LogP contribution is 2.32. The predicted molar refractivity (Wildman–Crippen MR) is 107 cm³/mol. The van der Waals surface area contributed by atoms with Gasteiger partial charge in [0, 0.05) is 0 Å². The molecular formula is C20H23NO7S. The molecule has 0 aromatic heterocycles. The minimum absolute atomic E-state index is 0.196. The molecule has 2 amide bonds. The molecule has 0 unspecified atom stereocenters. The standard InChI is InChI=1S/C20H23NO7S/c1-4-13(3)28-17(22)11-21-19(24)16(29-20(21)25)10-14-6-8-15(9-7-14)27-12-18(23)26-5-2/h6-10,13H,4-5,11-12H2,1-3H3/b16-10-/t13-/m0/s1. The zero-order valence-corrected chi connectivity index (χ0v) is 17.3. The molecule has 0 bridgehead atoms. The van der Waals surface area contributed by atoms with Crippen molar-refractivity contribution in [3.63, 3.8) is 0 Å². The van der Waals surface area contributed by atoms with Crippen LogP contribution >= 0.6 is 11.8 Å². The summed E-state index contributed by atoms with van der Waals surface area (Å²) in [5.41, 5.74) is 0.668. The molecule has 1 aliphatic rings. The van der Waals surface area contributed by atoms with E-state index in [0.717, 1.165) is 16.7 Å². The molecule has 1 saturated heterocycles. The smallest absolute Gasteiger partial charge is 0.344 e. The molecule has 156 valence electrons. The number of hydrogen-bond acceptors (Lipinski definition) is 8. The summed E-state index contributed by atoms with van der Waals surface area (Å²) < 4.78 is 15.2. The van der Waals surface area contributed by atoms with Crippen molar-refractivity contribution in [3.8, 4) is 5.75 Å². The third-order valence-electron chi connectivity index (χ3n) is 3.91. The van der Waals surface area contributed by atoms with E-state index < -0.39 is 29.6 Å². The quantitative estimate of drug-likeness (QED) is 0.443. The molecule has 0 radical (unpaired) electrons. The fourth-order valence-corrected chi connectivity index (χ4v) is 3.11. The number of carbonyl (C=O) groups is 4. The van der Waals surface area contributed by atoms with E-state index in [2.05, 4.69) is 0 Å². The van der Waals surface area contributed by atoms with E-state index in [1.807, 2.05) is 6.92 Å². The van der Waals surface area contributed by atoms with Crippen LogP contribution in [0.15, 0.2) is 29.2 Å². The van der Waals surface area contributed by atoms with E-state index in [0.29, 0.717) is 17.7 Å². The first-order valence-electron chi connectivity index (χ1n) is 9.17. The zero-order chi connectivity index (χ0) is 21.4. The van der Waals surface area contributed by atoms with Crippen LogP contribution in [0.1, 0.15) is 32.8 Å². The number of thioether (sulfide) groups is 1. The average Bonchev–Trinajstić information content (AvgIpc) is 2.95. The van der Waals surface area contributed by atoms with E-state index >= 15 is 0 Å². The van der Waals surface area contributed by atoms with Crippen molar-refractivity contribution in [1.82, 2.24) is 4.90 Å². The summed E-state index contributed by atoms with van der Waals surface area (Å²) in [6, 6.07) is 6.65. The third-order valence-corrected chi connectivity index (χ3v) is 4.82. The number of hydrogen-bond donors (Lipinski definition) is 0. The molecule has 1 aromatic carbocycles. The van der Waals surface area contributed by atoms with Crippen LogP contribution in [-0.2, 0) is 23.9 Å². The van der Waals surface area contributed by atoms with E-state index in [9.17, 15) is 19.2 Å². The Hall–Kier alpha value is -2.81. The largest absolute Gasteiger partial charge is 0.482 e. The van der Waals surface area contributed by atoms with Gasteiger partial charge in [-0.1, -0.05) is 19.1 Å². The fourth-order valence-electron chi connectivity index (χ4n) is 2.27. The van der Waals surface area contributed by atoms with Gasteiger partial charge in [0.2, 0.25) is 0 Å². The number of rotatable bonds is 9. The van der Waals surface area contributed by atoms with Gasteiger partial charge in [-0.3, -0.25) is 19.3 Å². The number of esters is 2. The molecule has 0 aliphatic carbocycles. The van der Waals surface area contributed by atoms with Crippen LogP contribution in [0.5, 0.6) is 5.75 Å². The van der Waals surface area contributed by atoms with Crippen LogP contribution < -0.4 is 4.74 Å². The molecule has 0 N–H and O–H groups in total. The van der Waals surface area contributed by atoms with Crippen molar-refractivity contribution in [2.75, 3.05) is 19.8 Å². The molecular weight excluding hydrogens is 398 g/mol. The van der Waals surface area contributed by atoms with Crippen molar-refractivity contribution < 1.29 is 33.4 Å². The first-order valence-corrected chi connectivity index (χ1v) is 9.99. The molecule has 29 heavy (non-hydrogen) atoms. The predicted octanol–water partition coefficient (Wildman–Crippen LogP) is 3.01. The lowest BCUT2D eigenvalue weighted by molar-refractivity contribution is -0.150. The van der Waals surface area contributed by atoms with Crippen molar-refractivity contribution in [1.29, 1.82) is 0 Å². The van der Waals surface area contributed by atoms with Crippen LogP contribution in [-0.4, -0.2) is 53.8 Å².